The maximum absolute atomic E-state index is 12.0. The van der Waals surface area contributed by atoms with E-state index in [1.54, 1.807) is 18.2 Å². The molecule has 1 aromatic rings. The van der Waals surface area contributed by atoms with Gasteiger partial charge in [-0.1, -0.05) is 12.1 Å². The number of hydrogen-bond acceptors (Lipinski definition) is 4. The lowest BCUT2D eigenvalue weighted by molar-refractivity contribution is -0.147. The topological polar surface area (TPSA) is 66.8 Å². The molecule has 2 fully saturated rings. The average molecular weight is 247 g/mol. The largest absolute Gasteiger partial charge is 0.506 e. The number of carbonyl (C=O) groups excluding carboxylic acids is 2. The van der Waals surface area contributed by atoms with E-state index in [9.17, 15) is 14.7 Å². The first-order chi connectivity index (χ1) is 8.62. The van der Waals surface area contributed by atoms with E-state index in [0.29, 0.717) is 31.4 Å². The Bertz CT molecular complexity index is 523. The quantitative estimate of drug-likeness (QED) is 0.764. The molecule has 1 atom stereocenters. The van der Waals surface area contributed by atoms with Crippen molar-refractivity contribution in [2.75, 3.05) is 4.90 Å². The molecule has 0 aliphatic carbocycles. The molecule has 1 aromatic carbocycles. The number of carbonyl (C=O) groups is 2. The van der Waals surface area contributed by atoms with Crippen molar-refractivity contribution in [3.63, 3.8) is 0 Å². The van der Waals surface area contributed by atoms with Crippen molar-refractivity contribution >= 4 is 17.6 Å². The van der Waals surface area contributed by atoms with Crippen LogP contribution in [0.3, 0.4) is 0 Å². The van der Waals surface area contributed by atoms with Gasteiger partial charge in [-0.05, 0) is 12.1 Å². The third-order valence-corrected chi connectivity index (χ3v) is 3.53. The van der Waals surface area contributed by atoms with Gasteiger partial charge in [0, 0.05) is 19.3 Å². The Morgan fingerprint density at radius 1 is 1.17 bits per heavy atom. The smallest absolute Gasteiger partial charge is 0.308 e. The van der Waals surface area contributed by atoms with Crippen LogP contribution in [-0.2, 0) is 14.3 Å². The summed E-state index contributed by atoms with van der Waals surface area (Å²) in [6.07, 6.45) is 1.64. The Labute approximate surface area is 104 Å². The normalized spacial score (nSPS) is 27.0. The second-order valence-corrected chi connectivity index (χ2v) is 4.64. The Kier molecular flexibility index (Phi) is 2.29. The minimum absolute atomic E-state index is 0.0232. The summed E-state index contributed by atoms with van der Waals surface area (Å²) in [5.41, 5.74) is -0.470. The third-order valence-electron chi connectivity index (χ3n) is 3.53. The van der Waals surface area contributed by atoms with E-state index in [4.69, 9.17) is 4.74 Å². The number of hydrogen-bond donors (Lipinski definition) is 1. The summed E-state index contributed by atoms with van der Waals surface area (Å²) < 4.78 is 5.36. The Morgan fingerprint density at radius 2 is 1.89 bits per heavy atom. The van der Waals surface area contributed by atoms with Crippen LogP contribution in [0, 0.1) is 0 Å². The zero-order valence-electron chi connectivity index (χ0n) is 9.76. The lowest BCUT2D eigenvalue weighted by Crippen LogP contribution is -2.45. The van der Waals surface area contributed by atoms with Crippen molar-refractivity contribution in [1.29, 1.82) is 0 Å². The molecule has 3 rings (SSSR count). The number of ether oxygens (including phenoxy) is 1. The van der Waals surface area contributed by atoms with E-state index < -0.39 is 5.72 Å². The summed E-state index contributed by atoms with van der Waals surface area (Å²) in [6, 6.07) is 6.61. The minimum atomic E-state index is -0.882. The number of phenolic OH excluding ortho intramolecular Hbond substituents is 1. The SMILES string of the molecule is O=C1CCC2(CCC(=O)N2c2ccccc2O)O1. The Hall–Kier alpha value is -2.04. The van der Waals surface area contributed by atoms with Crippen LogP contribution in [0.4, 0.5) is 5.69 Å². The molecule has 1 unspecified atom stereocenters. The monoisotopic (exact) mass is 247 g/mol. The number of rotatable bonds is 1. The van der Waals surface area contributed by atoms with E-state index in [2.05, 4.69) is 0 Å². The third kappa shape index (κ3) is 1.47. The van der Waals surface area contributed by atoms with Gasteiger partial charge in [0.15, 0.2) is 5.72 Å². The molecule has 2 aliphatic rings. The molecule has 0 saturated carbocycles. The van der Waals surface area contributed by atoms with Crippen molar-refractivity contribution in [1.82, 2.24) is 0 Å². The Balaban J connectivity index is 2.06. The fraction of sp³-hybridized carbons (Fsp3) is 0.385. The molecule has 0 aromatic heterocycles. The first-order valence-corrected chi connectivity index (χ1v) is 5.95. The van der Waals surface area contributed by atoms with E-state index in [0.717, 1.165) is 0 Å². The van der Waals surface area contributed by atoms with Crippen LogP contribution in [0.5, 0.6) is 5.75 Å². The van der Waals surface area contributed by atoms with Crippen LogP contribution in [0.2, 0.25) is 0 Å². The molecule has 1 amide bonds. The van der Waals surface area contributed by atoms with Gasteiger partial charge >= 0.3 is 5.97 Å². The molecule has 0 bridgehead atoms. The highest BCUT2D eigenvalue weighted by Gasteiger charge is 2.53. The van der Waals surface area contributed by atoms with E-state index in [-0.39, 0.29) is 17.6 Å². The first-order valence-electron chi connectivity index (χ1n) is 5.95. The fourth-order valence-electron chi connectivity index (χ4n) is 2.71. The molecule has 0 radical (unpaired) electrons. The molecule has 2 heterocycles. The molecule has 1 N–H and O–H groups in total. The van der Waals surface area contributed by atoms with Gasteiger partial charge in [-0.3, -0.25) is 14.5 Å². The van der Waals surface area contributed by atoms with Gasteiger partial charge < -0.3 is 9.84 Å². The number of anilines is 1. The summed E-state index contributed by atoms with van der Waals surface area (Å²) in [5.74, 6) is -0.383. The number of amides is 1. The van der Waals surface area contributed by atoms with Gasteiger partial charge in [-0.2, -0.15) is 0 Å². The van der Waals surface area contributed by atoms with Crippen molar-refractivity contribution in [2.45, 2.75) is 31.4 Å². The van der Waals surface area contributed by atoms with Gasteiger partial charge in [0.05, 0.1) is 12.1 Å². The van der Waals surface area contributed by atoms with E-state index >= 15 is 0 Å². The van der Waals surface area contributed by atoms with Crippen LogP contribution in [0.15, 0.2) is 24.3 Å². The van der Waals surface area contributed by atoms with Crippen LogP contribution in [0.1, 0.15) is 25.7 Å². The van der Waals surface area contributed by atoms with Crippen molar-refractivity contribution < 1.29 is 19.4 Å². The number of nitrogens with zero attached hydrogens (tertiary/aromatic N) is 1. The lowest BCUT2D eigenvalue weighted by Gasteiger charge is -2.33. The molecule has 94 valence electrons. The van der Waals surface area contributed by atoms with Crippen LogP contribution in [0.25, 0.3) is 0 Å². The maximum Gasteiger partial charge on any atom is 0.308 e. The molecule has 5 nitrogen and oxygen atoms in total. The average Bonchev–Trinajstić information content (AvgIpc) is 2.86. The number of phenols is 1. The number of aromatic hydroxyl groups is 1. The summed E-state index contributed by atoms with van der Waals surface area (Å²) in [6.45, 7) is 0. The predicted molar refractivity (Wildman–Crippen MR) is 62.9 cm³/mol. The highest BCUT2D eigenvalue weighted by molar-refractivity contribution is 5.99. The fourth-order valence-corrected chi connectivity index (χ4v) is 2.71. The number of esters is 1. The zero-order chi connectivity index (χ0) is 12.8. The molecular formula is C13H13NO4. The summed E-state index contributed by atoms with van der Waals surface area (Å²) >= 11 is 0. The highest BCUT2D eigenvalue weighted by atomic mass is 16.6. The van der Waals surface area contributed by atoms with Crippen molar-refractivity contribution in [3.05, 3.63) is 24.3 Å². The Morgan fingerprint density at radius 3 is 2.56 bits per heavy atom. The summed E-state index contributed by atoms with van der Waals surface area (Å²) in [4.78, 5) is 24.8. The lowest BCUT2D eigenvalue weighted by atomic mass is 10.1. The second-order valence-electron chi connectivity index (χ2n) is 4.64. The number of benzene rings is 1. The summed E-state index contributed by atoms with van der Waals surface area (Å²) in [5, 5.41) is 9.86. The van der Waals surface area contributed by atoms with Crippen molar-refractivity contribution in [2.24, 2.45) is 0 Å². The minimum Gasteiger partial charge on any atom is -0.506 e. The van der Waals surface area contributed by atoms with Gasteiger partial charge in [-0.15, -0.1) is 0 Å². The second kappa shape index (κ2) is 3.73. The highest BCUT2D eigenvalue weighted by Crippen LogP contribution is 2.45. The molecule has 18 heavy (non-hydrogen) atoms. The molecule has 5 heteroatoms. The molecule has 2 saturated heterocycles. The van der Waals surface area contributed by atoms with Gasteiger partial charge in [-0.25, -0.2) is 0 Å². The zero-order valence-corrected chi connectivity index (χ0v) is 9.76. The van der Waals surface area contributed by atoms with Crippen molar-refractivity contribution in [3.8, 4) is 5.75 Å². The van der Waals surface area contributed by atoms with Crippen LogP contribution >= 0.6 is 0 Å². The molecule has 2 aliphatic heterocycles. The maximum atomic E-state index is 12.0. The van der Waals surface area contributed by atoms with Gasteiger partial charge in [0.25, 0.3) is 0 Å². The van der Waals surface area contributed by atoms with E-state index in [1.165, 1.54) is 11.0 Å². The van der Waals surface area contributed by atoms with Gasteiger partial charge in [0.1, 0.15) is 5.75 Å². The van der Waals surface area contributed by atoms with Crippen LogP contribution in [-0.4, -0.2) is 22.7 Å². The predicted octanol–water partition coefficient (Wildman–Crippen LogP) is 1.55. The van der Waals surface area contributed by atoms with Crippen LogP contribution < -0.4 is 4.90 Å². The molecule has 1 spiro atoms. The number of para-hydroxylation sites is 2. The molecular weight excluding hydrogens is 234 g/mol. The van der Waals surface area contributed by atoms with E-state index in [1.807, 2.05) is 0 Å². The standard InChI is InChI=1S/C13H13NO4/c15-10-4-2-1-3-9(10)14-11(16)5-7-13(14)8-6-12(17)18-13/h1-4,15H,5-8H2. The van der Waals surface area contributed by atoms with Gasteiger partial charge in [0.2, 0.25) is 5.91 Å². The summed E-state index contributed by atoms with van der Waals surface area (Å²) in [7, 11) is 0. The first kappa shape index (κ1) is 11.1.